The quantitative estimate of drug-likeness (QED) is 0.866. The number of pyridine rings is 1. The zero-order valence-corrected chi connectivity index (χ0v) is 12.5. The number of hydrogen-bond acceptors (Lipinski definition) is 3. The molecular formula is C17H23N3O. The van der Waals surface area contributed by atoms with E-state index < -0.39 is 0 Å². The molecule has 1 saturated carbocycles. The Morgan fingerprint density at radius 1 is 1.19 bits per heavy atom. The molecule has 0 amide bonds. The van der Waals surface area contributed by atoms with Gasteiger partial charge in [0.2, 0.25) is 0 Å². The van der Waals surface area contributed by atoms with Gasteiger partial charge in [0.05, 0.1) is 0 Å². The van der Waals surface area contributed by atoms with Crippen LogP contribution in [0.4, 0.5) is 0 Å². The van der Waals surface area contributed by atoms with Gasteiger partial charge in [-0.1, -0.05) is 19.3 Å². The van der Waals surface area contributed by atoms with Crippen molar-refractivity contribution in [2.45, 2.75) is 51.0 Å². The first kappa shape index (κ1) is 13.3. The van der Waals surface area contributed by atoms with Gasteiger partial charge in [0, 0.05) is 31.9 Å². The lowest BCUT2D eigenvalue weighted by molar-refractivity contribution is 0.185. The summed E-state index contributed by atoms with van der Waals surface area (Å²) in [4.78, 5) is 9.52. The van der Waals surface area contributed by atoms with E-state index in [1.54, 1.807) is 0 Å². The van der Waals surface area contributed by atoms with Gasteiger partial charge in [0.15, 0.2) is 5.65 Å². The van der Waals surface area contributed by atoms with Gasteiger partial charge in [-0.2, -0.15) is 0 Å². The van der Waals surface area contributed by atoms with E-state index in [0.29, 0.717) is 12.0 Å². The first-order chi connectivity index (χ1) is 10.4. The zero-order chi connectivity index (χ0) is 14.1. The van der Waals surface area contributed by atoms with E-state index in [-0.39, 0.29) is 0 Å². The summed E-state index contributed by atoms with van der Waals surface area (Å²) >= 11 is 0. The normalized spacial score (nSPS) is 23.9. The second-order valence-electron chi connectivity index (χ2n) is 6.47. The summed E-state index contributed by atoms with van der Waals surface area (Å²) in [6.07, 6.45) is 10.7. The standard InChI is InChI=1S/C17H23N3O/c1-2-5-14(6-3-1)20-16(11-13-8-10-21-12-13)19-15-7-4-9-18-17(15)20/h4,7,9,13-14H,1-3,5-6,8,10-12H2. The van der Waals surface area contributed by atoms with Crippen LogP contribution in [0.25, 0.3) is 11.2 Å². The van der Waals surface area contributed by atoms with Gasteiger partial charge in [0.1, 0.15) is 11.3 Å². The smallest absolute Gasteiger partial charge is 0.160 e. The number of imidazole rings is 1. The van der Waals surface area contributed by atoms with Crippen LogP contribution in [0.2, 0.25) is 0 Å². The summed E-state index contributed by atoms with van der Waals surface area (Å²) in [6, 6.07) is 4.68. The van der Waals surface area contributed by atoms with Crippen LogP contribution >= 0.6 is 0 Å². The third-order valence-corrected chi connectivity index (χ3v) is 4.96. The molecule has 0 radical (unpaired) electrons. The molecule has 1 aliphatic heterocycles. The van der Waals surface area contributed by atoms with Gasteiger partial charge in [-0.3, -0.25) is 0 Å². The molecule has 21 heavy (non-hydrogen) atoms. The topological polar surface area (TPSA) is 39.9 Å². The Morgan fingerprint density at radius 3 is 2.90 bits per heavy atom. The van der Waals surface area contributed by atoms with Crippen LogP contribution < -0.4 is 0 Å². The first-order valence-electron chi connectivity index (χ1n) is 8.31. The fraction of sp³-hybridized carbons (Fsp3) is 0.647. The molecule has 4 nitrogen and oxygen atoms in total. The van der Waals surface area contributed by atoms with Crippen LogP contribution in [0, 0.1) is 5.92 Å². The van der Waals surface area contributed by atoms with Crippen LogP contribution in [0.15, 0.2) is 18.3 Å². The molecule has 1 unspecified atom stereocenters. The molecule has 112 valence electrons. The highest BCUT2D eigenvalue weighted by Crippen LogP contribution is 2.33. The molecule has 2 aliphatic rings. The molecule has 0 aromatic carbocycles. The number of aromatic nitrogens is 3. The Morgan fingerprint density at radius 2 is 2.10 bits per heavy atom. The fourth-order valence-electron chi connectivity index (χ4n) is 3.85. The Labute approximate surface area is 125 Å². The number of nitrogens with zero attached hydrogens (tertiary/aromatic N) is 3. The van der Waals surface area contributed by atoms with Crippen molar-refractivity contribution >= 4 is 11.2 Å². The molecule has 0 bridgehead atoms. The van der Waals surface area contributed by atoms with Gasteiger partial charge in [0.25, 0.3) is 0 Å². The second-order valence-corrected chi connectivity index (χ2v) is 6.47. The lowest BCUT2D eigenvalue weighted by Crippen LogP contribution is -2.18. The van der Waals surface area contributed by atoms with E-state index in [9.17, 15) is 0 Å². The average Bonchev–Trinajstić information content (AvgIpc) is 3.15. The maximum Gasteiger partial charge on any atom is 0.160 e. The van der Waals surface area contributed by atoms with Crippen LogP contribution in [-0.2, 0) is 11.2 Å². The molecule has 1 saturated heterocycles. The van der Waals surface area contributed by atoms with Gasteiger partial charge < -0.3 is 9.30 Å². The Balaban J connectivity index is 1.72. The van der Waals surface area contributed by atoms with Crippen molar-refractivity contribution in [2.24, 2.45) is 5.92 Å². The number of fused-ring (bicyclic) bond motifs is 1. The van der Waals surface area contributed by atoms with E-state index in [1.165, 1.54) is 44.3 Å². The summed E-state index contributed by atoms with van der Waals surface area (Å²) in [5.74, 6) is 1.86. The third kappa shape index (κ3) is 2.57. The number of ether oxygens (including phenoxy) is 1. The molecule has 1 aliphatic carbocycles. The highest BCUT2D eigenvalue weighted by atomic mass is 16.5. The van der Waals surface area contributed by atoms with E-state index in [0.717, 1.165) is 30.8 Å². The molecule has 4 heteroatoms. The Bertz CT molecular complexity index is 610. The van der Waals surface area contributed by atoms with E-state index in [2.05, 4.69) is 15.6 Å². The van der Waals surface area contributed by atoms with Gasteiger partial charge >= 0.3 is 0 Å². The zero-order valence-electron chi connectivity index (χ0n) is 12.5. The van der Waals surface area contributed by atoms with Crippen molar-refractivity contribution in [1.82, 2.24) is 14.5 Å². The first-order valence-corrected chi connectivity index (χ1v) is 8.31. The van der Waals surface area contributed by atoms with E-state index in [1.807, 2.05) is 12.3 Å². The Hall–Kier alpha value is -1.42. The fourth-order valence-corrected chi connectivity index (χ4v) is 3.85. The average molecular weight is 285 g/mol. The van der Waals surface area contributed by atoms with Gasteiger partial charge in [-0.15, -0.1) is 0 Å². The van der Waals surface area contributed by atoms with Gasteiger partial charge in [-0.25, -0.2) is 9.97 Å². The minimum atomic E-state index is 0.593. The minimum Gasteiger partial charge on any atom is -0.381 e. The van der Waals surface area contributed by atoms with Crippen LogP contribution in [0.5, 0.6) is 0 Å². The second kappa shape index (κ2) is 5.76. The van der Waals surface area contributed by atoms with Crippen molar-refractivity contribution in [3.8, 4) is 0 Å². The largest absolute Gasteiger partial charge is 0.381 e. The highest BCUT2D eigenvalue weighted by molar-refractivity contribution is 5.71. The molecule has 4 rings (SSSR count). The highest BCUT2D eigenvalue weighted by Gasteiger charge is 2.25. The number of hydrogen-bond donors (Lipinski definition) is 0. The summed E-state index contributed by atoms with van der Waals surface area (Å²) in [5.41, 5.74) is 2.13. The molecule has 1 atom stereocenters. The lowest BCUT2D eigenvalue weighted by atomic mass is 9.94. The molecular weight excluding hydrogens is 262 g/mol. The number of rotatable bonds is 3. The molecule has 0 spiro atoms. The van der Waals surface area contributed by atoms with Crippen molar-refractivity contribution in [2.75, 3.05) is 13.2 Å². The summed E-state index contributed by atoms with van der Waals surface area (Å²) in [6.45, 7) is 1.80. The van der Waals surface area contributed by atoms with E-state index >= 15 is 0 Å². The predicted octanol–water partition coefficient (Wildman–Crippen LogP) is 3.52. The van der Waals surface area contributed by atoms with Crippen LogP contribution in [-0.4, -0.2) is 27.7 Å². The lowest BCUT2D eigenvalue weighted by Gasteiger charge is -2.25. The Kier molecular flexibility index (Phi) is 3.63. The minimum absolute atomic E-state index is 0.593. The van der Waals surface area contributed by atoms with Gasteiger partial charge in [-0.05, 0) is 37.3 Å². The van der Waals surface area contributed by atoms with Crippen molar-refractivity contribution in [3.63, 3.8) is 0 Å². The van der Waals surface area contributed by atoms with E-state index in [4.69, 9.17) is 9.72 Å². The molecule has 2 aromatic rings. The molecule has 3 heterocycles. The monoisotopic (exact) mass is 285 g/mol. The van der Waals surface area contributed by atoms with Crippen LogP contribution in [0.1, 0.15) is 50.4 Å². The third-order valence-electron chi connectivity index (χ3n) is 4.96. The molecule has 2 aromatic heterocycles. The maximum absolute atomic E-state index is 5.54. The van der Waals surface area contributed by atoms with Crippen molar-refractivity contribution in [3.05, 3.63) is 24.2 Å². The molecule has 2 fully saturated rings. The summed E-state index contributed by atoms with van der Waals surface area (Å²) < 4.78 is 7.99. The summed E-state index contributed by atoms with van der Waals surface area (Å²) in [7, 11) is 0. The van der Waals surface area contributed by atoms with Crippen molar-refractivity contribution in [1.29, 1.82) is 0 Å². The van der Waals surface area contributed by atoms with Crippen LogP contribution in [0.3, 0.4) is 0 Å². The van der Waals surface area contributed by atoms with Crippen molar-refractivity contribution < 1.29 is 4.74 Å². The predicted molar refractivity (Wildman–Crippen MR) is 82.3 cm³/mol. The SMILES string of the molecule is c1cnc2c(c1)nc(CC1CCOC1)n2C1CCCCC1. The molecule has 0 N–H and O–H groups in total. The maximum atomic E-state index is 5.54. The summed E-state index contributed by atoms with van der Waals surface area (Å²) in [5, 5.41) is 0.